The summed E-state index contributed by atoms with van der Waals surface area (Å²) in [4.78, 5) is 0.406. The standard InChI is InChI=1S/C15H24N2O2S/c1-13-4-3-11-17(12-13)20(18,19)15-8-6-14(7-9-15)5-2-10-16/h6-9,13H,2-5,10-12,16H2,1H3. The molecule has 0 aliphatic carbocycles. The lowest BCUT2D eigenvalue weighted by Crippen LogP contribution is -2.39. The van der Waals surface area contributed by atoms with Crippen LogP contribution in [0.4, 0.5) is 0 Å². The van der Waals surface area contributed by atoms with E-state index in [4.69, 9.17) is 5.73 Å². The predicted octanol–water partition coefficient (Wildman–Crippen LogP) is 2.00. The molecule has 0 saturated carbocycles. The van der Waals surface area contributed by atoms with Gasteiger partial charge in [0.2, 0.25) is 10.0 Å². The highest BCUT2D eigenvalue weighted by molar-refractivity contribution is 7.89. The van der Waals surface area contributed by atoms with Crippen LogP contribution in [0.3, 0.4) is 0 Å². The smallest absolute Gasteiger partial charge is 0.243 e. The molecule has 1 aromatic rings. The third kappa shape index (κ3) is 3.59. The zero-order valence-electron chi connectivity index (χ0n) is 12.1. The lowest BCUT2D eigenvalue weighted by Gasteiger charge is -2.30. The van der Waals surface area contributed by atoms with Crippen LogP contribution in [0.25, 0.3) is 0 Å². The van der Waals surface area contributed by atoms with Gasteiger partial charge >= 0.3 is 0 Å². The second-order valence-corrected chi connectivity index (χ2v) is 7.58. The summed E-state index contributed by atoms with van der Waals surface area (Å²) in [5.74, 6) is 0.447. The summed E-state index contributed by atoms with van der Waals surface area (Å²) in [5.41, 5.74) is 6.62. The maximum absolute atomic E-state index is 12.6. The maximum atomic E-state index is 12.6. The zero-order chi connectivity index (χ0) is 14.6. The average molecular weight is 296 g/mol. The molecule has 0 spiro atoms. The first-order chi connectivity index (χ1) is 9.54. The lowest BCUT2D eigenvalue weighted by atomic mass is 10.0. The molecular formula is C15H24N2O2S. The highest BCUT2D eigenvalue weighted by atomic mass is 32.2. The molecule has 0 radical (unpaired) electrons. The minimum Gasteiger partial charge on any atom is -0.330 e. The largest absolute Gasteiger partial charge is 0.330 e. The number of aryl methyl sites for hydroxylation is 1. The van der Waals surface area contributed by atoms with E-state index in [0.717, 1.165) is 31.2 Å². The van der Waals surface area contributed by atoms with Crippen LogP contribution < -0.4 is 5.73 Å². The number of piperidine rings is 1. The number of nitrogens with zero attached hydrogens (tertiary/aromatic N) is 1. The highest BCUT2D eigenvalue weighted by Crippen LogP contribution is 2.23. The summed E-state index contributed by atoms with van der Waals surface area (Å²) in [5, 5.41) is 0. The highest BCUT2D eigenvalue weighted by Gasteiger charge is 2.28. The Kier molecular flexibility index (Phi) is 5.18. The van der Waals surface area contributed by atoms with Gasteiger partial charge in [-0.15, -0.1) is 0 Å². The molecule has 0 amide bonds. The molecule has 20 heavy (non-hydrogen) atoms. The summed E-state index contributed by atoms with van der Waals surface area (Å²) < 4.78 is 26.7. The first-order valence-corrected chi connectivity index (χ1v) is 8.77. The minimum atomic E-state index is -3.32. The Labute approximate surface area is 122 Å². The average Bonchev–Trinajstić information content (AvgIpc) is 2.45. The SMILES string of the molecule is CC1CCCN(S(=O)(=O)c2ccc(CCCN)cc2)C1. The van der Waals surface area contributed by atoms with Crippen molar-refractivity contribution in [3.8, 4) is 0 Å². The first-order valence-electron chi connectivity index (χ1n) is 7.33. The summed E-state index contributed by atoms with van der Waals surface area (Å²) in [6.07, 6.45) is 3.90. The van der Waals surface area contributed by atoms with Gasteiger partial charge in [-0.3, -0.25) is 0 Å². The quantitative estimate of drug-likeness (QED) is 0.904. The summed E-state index contributed by atoms with van der Waals surface area (Å²) in [7, 11) is -3.32. The van der Waals surface area contributed by atoms with Gasteiger partial charge in [0.25, 0.3) is 0 Å². The van der Waals surface area contributed by atoms with Crippen LogP contribution in [-0.4, -0.2) is 32.4 Å². The molecule has 1 fully saturated rings. The van der Waals surface area contributed by atoms with Gasteiger partial charge in [-0.25, -0.2) is 8.42 Å². The van der Waals surface area contributed by atoms with Crippen LogP contribution in [0, 0.1) is 5.92 Å². The number of sulfonamides is 1. The molecule has 0 bridgehead atoms. The molecule has 1 aliphatic heterocycles. The predicted molar refractivity (Wildman–Crippen MR) is 81.0 cm³/mol. The molecule has 5 heteroatoms. The van der Waals surface area contributed by atoms with Gasteiger partial charge in [0.05, 0.1) is 4.90 Å². The second kappa shape index (κ2) is 6.70. The molecule has 1 saturated heterocycles. The van der Waals surface area contributed by atoms with E-state index in [-0.39, 0.29) is 0 Å². The van der Waals surface area contributed by atoms with Crippen molar-refractivity contribution in [3.05, 3.63) is 29.8 Å². The number of nitrogens with two attached hydrogens (primary N) is 1. The molecule has 2 rings (SSSR count). The van der Waals surface area contributed by atoms with Gasteiger partial charge in [0.15, 0.2) is 0 Å². The topological polar surface area (TPSA) is 63.4 Å². The molecule has 1 atom stereocenters. The Bertz CT molecular complexity index is 525. The number of benzene rings is 1. The fourth-order valence-electron chi connectivity index (χ4n) is 2.65. The van der Waals surface area contributed by atoms with Crippen LogP contribution in [0.5, 0.6) is 0 Å². The van der Waals surface area contributed by atoms with Crippen LogP contribution in [0.2, 0.25) is 0 Å². The Morgan fingerprint density at radius 2 is 2.00 bits per heavy atom. The van der Waals surface area contributed by atoms with Gasteiger partial charge in [0.1, 0.15) is 0 Å². The molecule has 4 nitrogen and oxygen atoms in total. The van der Waals surface area contributed by atoms with Crippen molar-refractivity contribution in [2.24, 2.45) is 11.7 Å². The van der Waals surface area contributed by atoms with Gasteiger partial charge < -0.3 is 5.73 Å². The van der Waals surface area contributed by atoms with E-state index in [1.54, 1.807) is 16.4 Å². The summed E-state index contributed by atoms with van der Waals surface area (Å²) in [6, 6.07) is 7.24. The third-order valence-corrected chi connectivity index (χ3v) is 5.73. The molecular weight excluding hydrogens is 272 g/mol. The Morgan fingerprint density at radius 3 is 2.60 bits per heavy atom. The summed E-state index contributed by atoms with van der Waals surface area (Å²) in [6.45, 7) is 4.04. The molecule has 112 valence electrons. The van der Waals surface area contributed by atoms with Crippen LogP contribution in [0.1, 0.15) is 31.7 Å². The Hall–Kier alpha value is -0.910. The van der Waals surface area contributed by atoms with Crippen LogP contribution in [0.15, 0.2) is 29.2 Å². The second-order valence-electron chi connectivity index (χ2n) is 5.65. The van der Waals surface area contributed by atoms with Gasteiger partial charge in [0, 0.05) is 13.1 Å². The molecule has 1 aromatic carbocycles. The van der Waals surface area contributed by atoms with E-state index in [2.05, 4.69) is 6.92 Å². The monoisotopic (exact) mass is 296 g/mol. The normalized spacial score (nSPS) is 21.0. The van der Waals surface area contributed by atoms with E-state index in [0.29, 0.717) is 30.4 Å². The number of rotatable bonds is 5. The van der Waals surface area contributed by atoms with Crippen LogP contribution >= 0.6 is 0 Å². The van der Waals surface area contributed by atoms with E-state index in [1.807, 2.05) is 12.1 Å². The van der Waals surface area contributed by atoms with E-state index in [1.165, 1.54) is 0 Å². The third-order valence-electron chi connectivity index (χ3n) is 3.85. The van der Waals surface area contributed by atoms with Gasteiger partial charge in [-0.05, 0) is 55.8 Å². The molecule has 1 aliphatic rings. The first kappa shape index (κ1) is 15.5. The van der Waals surface area contributed by atoms with Crippen molar-refractivity contribution in [2.45, 2.75) is 37.5 Å². The molecule has 0 aromatic heterocycles. The zero-order valence-corrected chi connectivity index (χ0v) is 12.9. The van der Waals surface area contributed by atoms with Gasteiger partial charge in [-0.1, -0.05) is 19.1 Å². The van der Waals surface area contributed by atoms with Crippen molar-refractivity contribution < 1.29 is 8.42 Å². The fourth-order valence-corrected chi connectivity index (χ4v) is 4.25. The summed E-state index contributed by atoms with van der Waals surface area (Å²) >= 11 is 0. The van der Waals surface area contributed by atoms with Crippen molar-refractivity contribution in [1.82, 2.24) is 4.31 Å². The lowest BCUT2D eigenvalue weighted by molar-refractivity contribution is 0.281. The van der Waals surface area contributed by atoms with Crippen molar-refractivity contribution in [3.63, 3.8) is 0 Å². The molecule has 1 unspecified atom stereocenters. The van der Waals surface area contributed by atoms with E-state index >= 15 is 0 Å². The Balaban J connectivity index is 2.12. The maximum Gasteiger partial charge on any atom is 0.243 e. The van der Waals surface area contributed by atoms with E-state index in [9.17, 15) is 8.42 Å². The van der Waals surface area contributed by atoms with E-state index < -0.39 is 10.0 Å². The number of hydrogen-bond donors (Lipinski definition) is 1. The van der Waals surface area contributed by atoms with Crippen molar-refractivity contribution in [2.75, 3.05) is 19.6 Å². The molecule has 2 N–H and O–H groups in total. The number of hydrogen-bond acceptors (Lipinski definition) is 3. The fraction of sp³-hybridized carbons (Fsp3) is 0.600. The van der Waals surface area contributed by atoms with Crippen molar-refractivity contribution in [1.29, 1.82) is 0 Å². The van der Waals surface area contributed by atoms with Gasteiger partial charge in [-0.2, -0.15) is 4.31 Å². The minimum absolute atomic E-state index is 0.406. The van der Waals surface area contributed by atoms with Crippen LogP contribution in [-0.2, 0) is 16.4 Å². The van der Waals surface area contributed by atoms with Crippen molar-refractivity contribution >= 4 is 10.0 Å². The molecule has 1 heterocycles. The Morgan fingerprint density at radius 1 is 1.30 bits per heavy atom.